The maximum atomic E-state index is 10.7. The summed E-state index contributed by atoms with van der Waals surface area (Å²) in [5.41, 5.74) is 0. The molecule has 0 bridgehead atoms. The highest BCUT2D eigenvalue weighted by atomic mass is 16.3. The van der Waals surface area contributed by atoms with Gasteiger partial charge in [-0.3, -0.25) is 4.79 Å². The molecule has 0 aromatic rings. The van der Waals surface area contributed by atoms with Crippen LogP contribution in [-0.2, 0) is 4.79 Å². The zero-order valence-electron chi connectivity index (χ0n) is 6.87. The lowest BCUT2D eigenvalue weighted by molar-refractivity contribution is -0.128. The maximum Gasteiger partial charge on any atom is 0.248 e. The summed E-state index contributed by atoms with van der Waals surface area (Å²) in [7, 11) is 0. The third-order valence-corrected chi connectivity index (χ3v) is 1.36. The van der Waals surface area contributed by atoms with Crippen molar-refractivity contribution in [1.82, 2.24) is 5.32 Å². The van der Waals surface area contributed by atoms with Gasteiger partial charge in [0.25, 0.3) is 0 Å². The van der Waals surface area contributed by atoms with Gasteiger partial charge in [0.2, 0.25) is 5.91 Å². The monoisotopic (exact) mass is 161 g/mol. The average molecular weight is 161 g/mol. The fourth-order valence-corrected chi connectivity index (χ4v) is 0.510. The van der Waals surface area contributed by atoms with Crippen molar-refractivity contribution in [3.05, 3.63) is 0 Å². The van der Waals surface area contributed by atoms with Crippen molar-refractivity contribution in [2.45, 2.75) is 32.5 Å². The van der Waals surface area contributed by atoms with Crippen LogP contribution < -0.4 is 5.32 Å². The van der Waals surface area contributed by atoms with Gasteiger partial charge < -0.3 is 15.5 Å². The quantitative estimate of drug-likeness (QED) is 0.508. The van der Waals surface area contributed by atoms with Gasteiger partial charge in [-0.1, -0.05) is 6.92 Å². The second kappa shape index (κ2) is 5.09. The third kappa shape index (κ3) is 4.75. The topological polar surface area (TPSA) is 69.6 Å². The minimum Gasteiger partial charge on any atom is -0.391 e. The van der Waals surface area contributed by atoms with Crippen LogP contribution in [0.2, 0.25) is 0 Å². The first kappa shape index (κ1) is 10.4. The molecule has 0 aliphatic rings. The van der Waals surface area contributed by atoms with Gasteiger partial charge in [0, 0.05) is 6.54 Å². The summed E-state index contributed by atoms with van der Waals surface area (Å²) < 4.78 is 0. The molecule has 0 aromatic carbocycles. The summed E-state index contributed by atoms with van der Waals surface area (Å²) in [6.07, 6.45) is -0.920. The normalized spacial score (nSPS) is 15.6. The molecule has 0 aliphatic carbocycles. The summed E-state index contributed by atoms with van der Waals surface area (Å²) in [5.74, 6) is -0.447. The molecule has 0 fully saturated rings. The first-order chi connectivity index (χ1) is 5.07. The van der Waals surface area contributed by atoms with E-state index < -0.39 is 18.1 Å². The molecule has 1 unspecified atom stereocenters. The van der Waals surface area contributed by atoms with Crippen LogP contribution in [0.15, 0.2) is 0 Å². The zero-order chi connectivity index (χ0) is 8.85. The van der Waals surface area contributed by atoms with Gasteiger partial charge in [0.1, 0.15) is 6.10 Å². The number of nitrogens with one attached hydrogen (secondary N) is 1. The third-order valence-electron chi connectivity index (χ3n) is 1.36. The van der Waals surface area contributed by atoms with E-state index in [1.54, 1.807) is 0 Å². The highest BCUT2D eigenvalue weighted by molar-refractivity contribution is 5.79. The molecule has 0 spiro atoms. The Morgan fingerprint density at radius 2 is 2.09 bits per heavy atom. The van der Waals surface area contributed by atoms with Crippen molar-refractivity contribution < 1.29 is 15.0 Å². The molecule has 0 saturated carbocycles. The van der Waals surface area contributed by atoms with Crippen LogP contribution in [-0.4, -0.2) is 34.9 Å². The molecule has 3 N–H and O–H groups in total. The van der Waals surface area contributed by atoms with Crippen LogP contribution in [0, 0.1) is 0 Å². The molecule has 2 atom stereocenters. The summed E-state index contributed by atoms with van der Waals surface area (Å²) in [6, 6.07) is 0. The van der Waals surface area contributed by atoms with Gasteiger partial charge in [-0.05, 0) is 13.3 Å². The van der Waals surface area contributed by atoms with Crippen molar-refractivity contribution >= 4 is 5.91 Å². The lowest BCUT2D eigenvalue weighted by Gasteiger charge is -2.10. The molecule has 0 heterocycles. The van der Waals surface area contributed by atoms with E-state index in [1.807, 2.05) is 6.92 Å². The Morgan fingerprint density at radius 3 is 2.45 bits per heavy atom. The second-order valence-electron chi connectivity index (χ2n) is 2.48. The van der Waals surface area contributed by atoms with E-state index in [9.17, 15) is 4.79 Å². The number of aliphatic hydroxyl groups excluding tert-OH is 2. The lowest BCUT2D eigenvalue weighted by atomic mass is 10.2. The Kier molecular flexibility index (Phi) is 4.81. The smallest absolute Gasteiger partial charge is 0.248 e. The molecule has 0 aromatic heterocycles. The Hall–Kier alpha value is -0.610. The Morgan fingerprint density at radius 1 is 1.55 bits per heavy atom. The first-order valence-electron chi connectivity index (χ1n) is 3.71. The van der Waals surface area contributed by atoms with Crippen molar-refractivity contribution in [1.29, 1.82) is 0 Å². The van der Waals surface area contributed by atoms with Crippen LogP contribution in [0.5, 0.6) is 0 Å². The van der Waals surface area contributed by atoms with E-state index >= 15 is 0 Å². The van der Waals surface area contributed by atoms with E-state index in [0.717, 1.165) is 0 Å². The van der Waals surface area contributed by atoms with Gasteiger partial charge in [-0.15, -0.1) is 0 Å². The lowest BCUT2D eigenvalue weighted by Crippen LogP contribution is -2.37. The van der Waals surface area contributed by atoms with Gasteiger partial charge in [0.15, 0.2) is 0 Å². The number of hydrogen-bond acceptors (Lipinski definition) is 3. The van der Waals surface area contributed by atoms with E-state index in [1.165, 1.54) is 6.92 Å². The molecule has 0 radical (unpaired) electrons. The second-order valence-corrected chi connectivity index (χ2v) is 2.48. The fourth-order valence-electron chi connectivity index (χ4n) is 0.510. The first-order valence-corrected chi connectivity index (χ1v) is 3.71. The van der Waals surface area contributed by atoms with Crippen LogP contribution in [0.25, 0.3) is 0 Å². The molecule has 1 amide bonds. The van der Waals surface area contributed by atoms with Crippen molar-refractivity contribution in [3.8, 4) is 0 Å². The fraction of sp³-hybridized carbons (Fsp3) is 0.857. The Balaban J connectivity index is 3.46. The molecule has 0 saturated heterocycles. The molecule has 66 valence electrons. The number of aliphatic hydroxyl groups is 2. The molecule has 11 heavy (non-hydrogen) atoms. The maximum absolute atomic E-state index is 10.7. The average Bonchev–Trinajstić information content (AvgIpc) is 1.99. The Bertz CT molecular complexity index is 125. The Labute approximate surface area is 66.2 Å². The SMILES string of the molecule is CC[C@@H](O)CNC(=O)C(C)O. The molecule has 4 nitrogen and oxygen atoms in total. The highest BCUT2D eigenvalue weighted by Crippen LogP contribution is 1.87. The van der Waals surface area contributed by atoms with Crippen LogP contribution in [0.3, 0.4) is 0 Å². The van der Waals surface area contributed by atoms with Crippen LogP contribution >= 0.6 is 0 Å². The van der Waals surface area contributed by atoms with E-state index in [2.05, 4.69) is 5.32 Å². The number of carbonyl (C=O) groups excluding carboxylic acids is 1. The van der Waals surface area contributed by atoms with Crippen LogP contribution in [0.1, 0.15) is 20.3 Å². The number of hydrogen-bond donors (Lipinski definition) is 3. The summed E-state index contributed by atoms with van der Waals surface area (Å²) in [5, 5.41) is 20.1. The zero-order valence-corrected chi connectivity index (χ0v) is 6.87. The van der Waals surface area contributed by atoms with E-state index in [4.69, 9.17) is 10.2 Å². The molecule has 0 rings (SSSR count). The predicted molar refractivity (Wildman–Crippen MR) is 41.0 cm³/mol. The summed E-state index contributed by atoms with van der Waals surface area (Å²) in [4.78, 5) is 10.7. The minimum atomic E-state index is -1.00. The predicted octanol–water partition coefficient (Wildman–Crippen LogP) is -0.746. The number of rotatable bonds is 4. The minimum absolute atomic E-state index is 0.209. The van der Waals surface area contributed by atoms with Crippen molar-refractivity contribution in [2.24, 2.45) is 0 Å². The van der Waals surface area contributed by atoms with Crippen LogP contribution in [0.4, 0.5) is 0 Å². The standard InChI is InChI=1S/C7H15NO3/c1-3-6(10)4-8-7(11)5(2)9/h5-6,9-10H,3-4H2,1-2H3,(H,8,11)/t5?,6-/m1/s1. The van der Waals surface area contributed by atoms with E-state index in [-0.39, 0.29) is 6.54 Å². The molecular formula is C7H15NO3. The van der Waals surface area contributed by atoms with Gasteiger partial charge >= 0.3 is 0 Å². The van der Waals surface area contributed by atoms with Gasteiger partial charge in [-0.2, -0.15) is 0 Å². The largest absolute Gasteiger partial charge is 0.391 e. The van der Waals surface area contributed by atoms with Crippen molar-refractivity contribution in [3.63, 3.8) is 0 Å². The molecular weight excluding hydrogens is 146 g/mol. The number of carbonyl (C=O) groups is 1. The van der Waals surface area contributed by atoms with Gasteiger partial charge in [-0.25, -0.2) is 0 Å². The van der Waals surface area contributed by atoms with E-state index in [0.29, 0.717) is 6.42 Å². The van der Waals surface area contributed by atoms with Gasteiger partial charge in [0.05, 0.1) is 6.10 Å². The summed E-state index contributed by atoms with van der Waals surface area (Å²) >= 11 is 0. The molecule has 0 aliphatic heterocycles. The summed E-state index contributed by atoms with van der Waals surface area (Å²) in [6.45, 7) is 3.41. The highest BCUT2D eigenvalue weighted by Gasteiger charge is 2.09. The van der Waals surface area contributed by atoms with Crippen molar-refractivity contribution in [2.75, 3.05) is 6.54 Å². The number of amides is 1. The molecule has 4 heteroatoms.